The summed E-state index contributed by atoms with van der Waals surface area (Å²) < 4.78 is 3.84. The second-order valence-corrected chi connectivity index (χ2v) is 4.86. The maximum atomic E-state index is 5.49. The van der Waals surface area contributed by atoms with Crippen molar-refractivity contribution in [1.82, 2.24) is 4.57 Å². The van der Waals surface area contributed by atoms with Gasteiger partial charge in [0.2, 0.25) is 0 Å². The Balaban J connectivity index is 2.28. The molecule has 5 heteroatoms. The molecule has 21 heavy (non-hydrogen) atoms. The van der Waals surface area contributed by atoms with Gasteiger partial charge in [0.15, 0.2) is 0 Å². The fourth-order valence-electron chi connectivity index (χ4n) is 2.09. The lowest BCUT2D eigenvalue weighted by Crippen LogP contribution is -2.25. The van der Waals surface area contributed by atoms with Gasteiger partial charge in [0.05, 0.1) is 26.5 Å². The third kappa shape index (κ3) is 3.11. The number of hydrogen-bond acceptors (Lipinski definition) is 3. The molecule has 2 aromatic rings. The van der Waals surface area contributed by atoms with E-state index < -0.39 is 0 Å². The molecule has 0 saturated heterocycles. The van der Waals surface area contributed by atoms with E-state index in [1.54, 1.807) is 0 Å². The van der Waals surface area contributed by atoms with Crippen LogP contribution in [0.25, 0.3) is 0 Å². The Kier molecular flexibility index (Phi) is 4.39. The van der Waals surface area contributed by atoms with E-state index in [0.29, 0.717) is 0 Å². The van der Waals surface area contributed by atoms with Crippen LogP contribution in [-0.4, -0.2) is 11.1 Å². The minimum atomic E-state index is 0.774. The molecular weight excluding hydrogens is 262 g/mol. The fraction of sp³-hybridized carbons (Fsp3) is 0.312. The Morgan fingerprint density at radius 3 is 2.67 bits per heavy atom. The monoisotopic (exact) mass is 282 g/mol. The molecule has 0 atom stereocenters. The topological polar surface area (TPSA) is 36.8 Å². The Labute approximate surface area is 125 Å². The molecule has 0 N–H and O–H groups in total. The van der Waals surface area contributed by atoms with Crippen LogP contribution >= 0.6 is 0 Å². The summed E-state index contributed by atoms with van der Waals surface area (Å²) in [5.74, 6) is 0.789. The van der Waals surface area contributed by atoms with E-state index in [2.05, 4.69) is 16.3 Å². The summed E-state index contributed by atoms with van der Waals surface area (Å²) >= 11 is 0. The highest BCUT2D eigenvalue weighted by atomic mass is 15.3. The summed E-state index contributed by atoms with van der Waals surface area (Å²) in [4.78, 5) is 1.85. The Bertz CT molecular complexity index is 686. The number of aryl methyl sites for hydroxylation is 3. The van der Waals surface area contributed by atoms with Gasteiger partial charge in [-0.15, -0.1) is 0 Å². The van der Waals surface area contributed by atoms with Crippen molar-refractivity contribution in [3.63, 3.8) is 0 Å². The van der Waals surface area contributed by atoms with Crippen LogP contribution in [0.1, 0.15) is 12.5 Å². The number of hydrogen-bond donors (Lipinski definition) is 0. The summed E-state index contributed by atoms with van der Waals surface area (Å²) in [6, 6.07) is 8.60. The van der Waals surface area contributed by atoms with Crippen molar-refractivity contribution in [2.45, 2.75) is 13.8 Å². The Morgan fingerprint density at radius 1 is 1.38 bits per heavy atom. The molecule has 2 rings (SSSR count). The van der Waals surface area contributed by atoms with Gasteiger partial charge < -0.3 is 4.90 Å². The van der Waals surface area contributed by atoms with Crippen molar-refractivity contribution in [1.29, 1.82) is 0 Å². The summed E-state index contributed by atoms with van der Waals surface area (Å²) in [7, 11) is 3.88. The van der Waals surface area contributed by atoms with Gasteiger partial charge in [-0.3, -0.25) is 0 Å². The summed E-state index contributed by atoms with van der Waals surface area (Å²) in [6.45, 7) is 4.81. The van der Waals surface area contributed by atoms with Crippen molar-refractivity contribution in [2.24, 2.45) is 24.3 Å². The smallest absolute Gasteiger partial charge is 0.302 e. The number of terminal acetylenes is 1. The summed E-state index contributed by atoms with van der Waals surface area (Å²) in [5, 5.41) is 8.64. The van der Waals surface area contributed by atoms with Crippen molar-refractivity contribution in [3.05, 3.63) is 36.2 Å². The maximum absolute atomic E-state index is 5.49. The Hall–Kier alpha value is -2.61. The van der Waals surface area contributed by atoms with Crippen LogP contribution in [0.5, 0.6) is 0 Å². The number of azo groups is 1. The lowest BCUT2D eigenvalue weighted by Gasteiger charge is -2.15. The first-order valence-electron chi connectivity index (χ1n) is 6.84. The molecule has 0 fully saturated rings. The zero-order chi connectivity index (χ0) is 15.4. The summed E-state index contributed by atoms with van der Waals surface area (Å²) in [6.07, 6.45) is 9.37. The molecule has 0 aliphatic heterocycles. The highest BCUT2D eigenvalue weighted by molar-refractivity contribution is 5.59. The van der Waals surface area contributed by atoms with Crippen LogP contribution in [0, 0.1) is 19.4 Å². The van der Waals surface area contributed by atoms with Gasteiger partial charge in [-0.1, -0.05) is 11.5 Å². The number of nitrogens with zero attached hydrogens (tertiary/aromatic N) is 5. The van der Waals surface area contributed by atoms with Gasteiger partial charge in [-0.2, -0.15) is 0 Å². The largest absolute Gasteiger partial charge is 0.421 e. The minimum absolute atomic E-state index is 0.774. The number of rotatable bonds is 4. The van der Waals surface area contributed by atoms with Crippen LogP contribution in [0.4, 0.5) is 17.3 Å². The number of benzene rings is 1. The molecule has 0 bridgehead atoms. The molecule has 5 nitrogen and oxygen atoms in total. The molecule has 1 aromatic carbocycles. The molecule has 0 amide bonds. The molecule has 108 valence electrons. The predicted molar refractivity (Wildman–Crippen MR) is 83.8 cm³/mol. The van der Waals surface area contributed by atoms with Crippen LogP contribution in [0.15, 0.2) is 40.8 Å². The SMILES string of the molecule is C#CN(CC)c1ccc(N=Nc2n(C)cc[n+]2C)c(C)c1. The molecule has 0 aliphatic rings. The first kappa shape index (κ1) is 14.8. The molecule has 1 heterocycles. The average Bonchev–Trinajstić information content (AvgIpc) is 2.79. The molecule has 0 radical (unpaired) electrons. The third-order valence-electron chi connectivity index (χ3n) is 3.36. The molecular formula is C16H20N5+. The minimum Gasteiger partial charge on any atom is -0.302 e. The van der Waals surface area contributed by atoms with E-state index in [4.69, 9.17) is 6.42 Å². The third-order valence-corrected chi connectivity index (χ3v) is 3.36. The van der Waals surface area contributed by atoms with E-state index >= 15 is 0 Å². The highest BCUT2D eigenvalue weighted by Crippen LogP contribution is 2.25. The maximum Gasteiger partial charge on any atom is 0.421 e. The van der Waals surface area contributed by atoms with Gasteiger partial charge >= 0.3 is 5.95 Å². The van der Waals surface area contributed by atoms with Crippen LogP contribution in [0.3, 0.4) is 0 Å². The average molecular weight is 282 g/mol. The lowest BCUT2D eigenvalue weighted by atomic mass is 10.1. The van der Waals surface area contributed by atoms with Crippen molar-refractivity contribution in [2.75, 3.05) is 11.4 Å². The van der Waals surface area contributed by atoms with E-state index in [9.17, 15) is 0 Å². The van der Waals surface area contributed by atoms with E-state index in [1.165, 1.54) is 0 Å². The molecule has 0 saturated carbocycles. The fourth-order valence-corrected chi connectivity index (χ4v) is 2.09. The number of aromatic nitrogens is 2. The lowest BCUT2D eigenvalue weighted by molar-refractivity contribution is -0.657. The first-order valence-corrected chi connectivity index (χ1v) is 6.84. The van der Waals surface area contributed by atoms with Gasteiger partial charge in [-0.25, -0.2) is 9.13 Å². The quantitative estimate of drug-likeness (QED) is 0.367. The normalized spacial score (nSPS) is 10.8. The van der Waals surface area contributed by atoms with E-state index in [-0.39, 0.29) is 0 Å². The Morgan fingerprint density at radius 2 is 2.14 bits per heavy atom. The van der Waals surface area contributed by atoms with Crippen molar-refractivity contribution in [3.8, 4) is 12.5 Å². The van der Waals surface area contributed by atoms with Crippen LogP contribution < -0.4 is 9.47 Å². The summed E-state index contributed by atoms with van der Waals surface area (Å²) in [5.41, 5.74) is 2.88. The van der Waals surface area contributed by atoms with E-state index in [0.717, 1.165) is 29.4 Å². The van der Waals surface area contributed by atoms with Crippen molar-refractivity contribution < 1.29 is 4.57 Å². The highest BCUT2D eigenvalue weighted by Gasteiger charge is 2.11. The van der Waals surface area contributed by atoms with Crippen LogP contribution in [-0.2, 0) is 14.1 Å². The number of imidazole rings is 1. The van der Waals surface area contributed by atoms with Crippen LogP contribution in [0.2, 0.25) is 0 Å². The van der Waals surface area contributed by atoms with E-state index in [1.807, 2.05) is 72.6 Å². The van der Waals surface area contributed by atoms with Gasteiger partial charge in [0.1, 0.15) is 5.69 Å². The zero-order valence-electron chi connectivity index (χ0n) is 12.9. The molecule has 0 spiro atoms. The van der Waals surface area contributed by atoms with Gasteiger partial charge in [-0.05, 0) is 37.6 Å². The molecule has 0 aliphatic carbocycles. The molecule has 1 aromatic heterocycles. The number of anilines is 1. The second kappa shape index (κ2) is 6.23. The standard InChI is InChI=1S/C16H20N5/c1-6-21(7-2)14-8-9-15(13(3)12-14)17-18-16-19(4)10-11-20(16)5/h1,8-12H,7H2,2-5H3/q+1. The van der Waals surface area contributed by atoms with Crippen molar-refractivity contribution >= 4 is 17.3 Å². The first-order chi connectivity index (χ1) is 10.1. The molecule has 0 unspecified atom stereocenters. The van der Waals surface area contributed by atoms with Gasteiger partial charge in [0, 0.05) is 23.4 Å². The predicted octanol–water partition coefficient (Wildman–Crippen LogP) is 2.99. The van der Waals surface area contributed by atoms with Gasteiger partial charge in [0.25, 0.3) is 0 Å². The zero-order valence-corrected chi connectivity index (χ0v) is 12.9. The second-order valence-electron chi connectivity index (χ2n) is 4.86.